The molecule has 0 unspecified atom stereocenters. The number of thiazole rings is 1. The molecule has 3 rings (SSSR count). The van der Waals surface area contributed by atoms with E-state index in [4.69, 9.17) is 4.98 Å². The summed E-state index contributed by atoms with van der Waals surface area (Å²) in [5.74, 6) is 0.0190. The molecule has 0 aliphatic carbocycles. The van der Waals surface area contributed by atoms with Gasteiger partial charge in [0.25, 0.3) is 5.91 Å². The lowest BCUT2D eigenvalue weighted by Gasteiger charge is -2.23. The van der Waals surface area contributed by atoms with Crippen LogP contribution in [0.15, 0.2) is 30.3 Å². The van der Waals surface area contributed by atoms with Gasteiger partial charge >= 0.3 is 0 Å². The number of amides is 1. The number of fused-ring (bicyclic) bond motifs is 1. The second kappa shape index (κ2) is 7.79. The summed E-state index contributed by atoms with van der Waals surface area (Å²) in [6, 6.07) is 10.3. The molecule has 27 heavy (non-hydrogen) atoms. The SMILES string of the molecule is Cc1ccc(C)c(C(=O)N(CCN(C)C)c2nc3cc(C)c(C)cc3s2)c1. The van der Waals surface area contributed by atoms with Gasteiger partial charge < -0.3 is 4.90 Å². The highest BCUT2D eigenvalue weighted by atomic mass is 32.1. The summed E-state index contributed by atoms with van der Waals surface area (Å²) in [5, 5.41) is 0.766. The van der Waals surface area contributed by atoms with Crippen LogP contribution in [0.4, 0.5) is 5.13 Å². The molecule has 0 bridgehead atoms. The highest BCUT2D eigenvalue weighted by Gasteiger charge is 2.23. The van der Waals surface area contributed by atoms with Crippen LogP contribution in [0.5, 0.6) is 0 Å². The third-order valence-electron chi connectivity index (χ3n) is 4.86. The number of hydrogen-bond acceptors (Lipinski definition) is 4. The van der Waals surface area contributed by atoms with Crippen LogP contribution >= 0.6 is 11.3 Å². The lowest BCUT2D eigenvalue weighted by atomic mass is 10.0. The molecule has 1 heterocycles. The number of carbonyl (C=O) groups is 1. The molecule has 3 aromatic rings. The fourth-order valence-corrected chi connectivity index (χ4v) is 4.05. The van der Waals surface area contributed by atoms with Crippen molar-refractivity contribution in [3.8, 4) is 0 Å². The molecule has 1 amide bonds. The largest absolute Gasteiger partial charge is 0.308 e. The number of hydrogen-bond donors (Lipinski definition) is 0. The first kappa shape index (κ1) is 19.5. The highest BCUT2D eigenvalue weighted by Crippen LogP contribution is 2.32. The Morgan fingerprint density at radius 2 is 1.67 bits per heavy atom. The molecule has 0 N–H and O–H groups in total. The van der Waals surface area contributed by atoms with Crippen molar-refractivity contribution in [1.82, 2.24) is 9.88 Å². The number of benzene rings is 2. The Labute approximate surface area is 165 Å². The second-order valence-corrected chi connectivity index (χ2v) is 8.49. The fraction of sp³-hybridized carbons (Fsp3) is 0.364. The highest BCUT2D eigenvalue weighted by molar-refractivity contribution is 7.22. The van der Waals surface area contributed by atoms with E-state index >= 15 is 0 Å². The Kier molecular flexibility index (Phi) is 5.63. The third-order valence-corrected chi connectivity index (χ3v) is 5.90. The molecule has 0 atom stereocenters. The van der Waals surface area contributed by atoms with E-state index in [-0.39, 0.29) is 5.91 Å². The van der Waals surface area contributed by atoms with Crippen molar-refractivity contribution < 1.29 is 4.79 Å². The zero-order chi connectivity index (χ0) is 19.7. The van der Waals surface area contributed by atoms with E-state index < -0.39 is 0 Å². The number of aryl methyl sites for hydroxylation is 4. The Balaban J connectivity index is 2.05. The number of nitrogens with zero attached hydrogens (tertiary/aromatic N) is 3. The third kappa shape index (κ3) is 4.20. The molecule has 0 radical (unpaired) electrons. The average Bonchev–Trinajstić information content (AvgIpc) is 2.99. The van der Waals surface area contributed by atoms with Crippen molar-refractivity contribution in [3.63, 3.8) is 0 Å². The zero-order valence-corrected chi connectivity index (χ0v) is 17.8. The summed E-state index contributed by atoms with van der Waals surface area (Å²) in [7, 11) is 4.04. The minimum atomic E-state index is 0.0190. The summed E-state index contributed by atoms with van der Waals surface area (Å²) in [6.45, 7) is 9.60. The van der Waals surface area contributed by atoms with Gasteiger partial charge in [-0.1, -0.05) is 29.0 Å². The van der Waals surface area contributed by atoms with Crippen LogP contribution < -0.4 is 4.90 Å². The van der Waals surface area contributed by atoms with Gasteiger partial charge in [-0.25, -0.2) is 4.98 Å². The Bertz CT molecular complexity index is 952. The minimum absolute atomic E-state index is 0.0190. The molecule has 0 spiro atoms. The van der Waals surface area contributed by atoms with Crippen molar-refractivity contribution in [1.29, 1.82) is 0 Å². The first-order chi connectivity index (χ1) is 12.8. The summed E-state index contributed by atoms with van der Waals surface area (Å²) in [4.78, 5) is 22.1. The van der Waals surface area contributed by atoms with Crippen LogP contribution in [-0.4, -0.2) is 43.0 Å². The predicted octanol–water partition coefficient (Wildman–Crippen LogP) is 4.74. The maximum Gasteiger partial charge on any atom is 0.260 e. The maximum atomic E-state index is 13.4. The van der Waals surface area contributed by atoms with Crippen molar-refractivity contribution in [2.24, 2.45) is 0 Å². The normalized spacial score (nSPS) is 11.4. The Hall–Kier alpha value is -2.24. The fourth-order valence-electron chi connectivity index (χ4n) is 2.98. The summed E-state index contributed by atoms with van der Waals surface area (Å²) >= 11 is 1.59. The first-order valence-electron chi connectivity index (χ1n) is 9.18. The van der Waals surface area contributed by atoms with Crippen LogP contribution in [0.2, 0.25) is 0 Å². The van der Waals surface area contributed by atoms with Gasteiger partial charge in [-0.2, -0.15) is 0 Å². The average molecular weight is 382 g/mol. The lowest BCUT2D eigenvalue weighted by Crippen LogP contribution is -2.37. The molecule has 0 saturated heterocycles. The molecule has 0 aliphatic rings. The van der Waals surface area contributed by atoms with Gasteiger partial charge in [0, 0.05) is 18.7 Å². The smallest absolute Gasteiger partial charge is 0.260 e. The molecular weight excluding hydrogens is 354 g/mol. The van der Waals surface area contributed by atoms with Gasteiger partial charge in [-0.05, 0) is 76.7 Å². The molecule has 0 fully saturated rings. The molecule has 0 saturated carbocycles. The van der Waals surface area contributed by atoms with Crippen LogP contribution in [0.25, 0.3) is 10.2 Å². The Morgan fingerprint density at radius 1 is 0.963 bits per heavy atom. The number of likely N-dealkylation sites (N-methyl/N-ethyl adjacent to an activating group) is 1. The first-order valence-corrected chi connectivity index (χ1v) is 9.99. The molecule has 0 aliphatic heterocycles. The van der Waals surface area contributed by atoms with E-state index in [0.29, 0.717) is 6.54 Å². The summed E-state index contributed by atoms with van der Waals surface area (Å²) in [5.41, 5.74) is 6.26. The van der Waals surface area contributed by atoms with E-state index in [9.17, 15) is 4.79 Å². The minimum Gasteiger partial charge on any atom is -0.308 e. The van der Waals surface area contributed by atoms with Gasteiger partial charge in [0.1, 0.15) is 0 Å². The number of carbonyl (C=O) groups excluding carboxylic acids is 1. The van der Waals surface area contributed by atoms with E-state index in [1.165, 1.54) is 11.1 Å². The van der Waals surface area contributed by atoms with Gasteiger partial charge in [0.15, 0.2) is 5.13 Å². The standard InChI is InChI=1S/C22H27N3OS/c1-14-7-8-15(2)18(11-14)21(26)25(10-9-24(5)6)22-23-19-12-16(3)17(4)13-20(19)27-22/h7-8,11-13H,9-10H2,1-6H3. The van der Waals surface area contributed by atoms with E-state index in [1.807, 2.05) is 51.0 Å². The molecule has 1 aromatic heterocycles. The second-order valence-electron chi connectivity index (χ2n) is 7.48. The van der Waals surface area contributed by atoms with Crippen LogP contribution in [0, 0.1) is 27.7 Å². The zero-order valence-electron chi connectivity index (χ0n) is 17.0. The van der Waals surface area contributed by atoms with Crippen LogP contribution in [-0.2, 0) is 0 Å². The van der Waals surface area contributed by atoms with Gasteiger partial charge in [0.2, 0.25) is 0 Å². The molecule has 2 aromatic carbocycles. The van der Waals surface area contributed by atoms with E-state index in [2.05, 4.69) is 30.9 Å². The van der Waals surface area contributed by atoms with Crippen molar-refractivity contribution >= 4 is 32.6 Å². The van der Waals surface area contributed by atoms with Gasteiger partial charge in [-0.3, -0.25) is 9.69 Å². The summed E-state index contributed by atoms with van der Waals surface area (Å²) in [6.07, 6.45) is 0. The lowest BCUT2D eigenvalue weighted by molar-refractivity contribution is 0.0984. The number of anilines is 1. The molecule has 5 heteroatoms. The number of aromatic nitrogens is 1. The quantitative estimate of drug-likeness (QED) is 0.640. The molecular formula is C22H27N3OS. The summed E-state index contributed by atoms with van der Waals surface area (Å²) < 4.78 is 1.12. The van der Waals surface area contributed by atoms with Gasteiger partial charge in [-0.15, -0.1) is 0 Å². The number of rotatable bonds is 5. The molecule has 4 nitrogen and oxygen atoms in total. The van der Waals surface area contributed by atoms with Crippen molar-refractivity contribution in [3.05, 3.63) is 58.1 Å². The van der Waals surface area contributed by atoms with Crippen LogP contribution in [0.1, 0.15) is 32.6 Å². The van der Waals surface area contributed by atoms with E-state index in [0.717, 1.165) is 38.6 Å². The maximum absolute atomic E-state index is 13.4. The monoisotopic (exact) mass is 381 g/mol. The van der Waals surface area contributed by atoms with Gasteiger partial charge in [0.05, 0.1) is 10.2 Å². The molecule has 142 valence electrons. The van der Waals surface area contributed by atoms with Crippen LogP contribution in [0.3, 0.4) is 0 Å². The predicted molar refractivity (Wildman–Crippen MR) is 115 cm³/mol. The Morgan fingerprint density at radius 3 is 2.37 bits per heavy atom. The van der Waals surface area contributed by atoms with Crippen molar-refractivity contribution in [2.45, 2.75) is 27.7 Å². The van der Waals surface area contributed by atoms with Crippen molar-refractivity contribution in [2.75, 3.05) is 32.1 Å². The van der Waals surface area contributed by atoms with E-state index in [1.54, 1.807) is 11.3 Å². The topological polar surface area (TPSA) is 36.4 Å².